The van der Waals surface area contributed by atoms with E-state index in [0.29, 0.717) is 56.9 Å². The van der Waals surface area contributed by atoms with E-state index in [-0.39, 0.29) is 17.0 Å². The van der Waals surface area contributed by atoms with E-state index in [1.165, 1.54) is 215 Å². The number of hydrogen-bond donors (Lipinski definition) is 0. The Balaban J connectivity index is 0.892. The number of nitrogens with zero attached hydrogens (tertiary/aromatic N) is 4. The summed E-state index contributed by atoms with van der Waals surface area (Å²) in [4.78, 5) is 8.70. The molecule has 664 valence electrons. The van der Waals surface area contributed by atoms with Gasteiger partial charge in [-0.1, -0.05) is 323 Å². The van der Waals surface area contributed by atoms with Crippen molar-refractivity contribution in [2.45, 2.75) is 331 Å². The van der Waals surface area contributed by atoms with E-state index in [2.05, 4.69) is 244 Å². The molecule has 2 atom stereocenters. The molecule has 13 heteroatoms. The number of ether oxygens (including phenoxy) is 1. The summed E-state index contributed by atoms with van der Waals surface area (Å²) in [5, 5.41) is 0. The van der Waals surface area contributed by atoms with Crippen LogP contribution in [0, 0.1) is 35.3 Å². The summed E-state index contributed by atoms with van der Waals surface area (Å²) in [7, 11) is 0. The molecule has 0 amide bonds. The average molecular weight is 1800 g/mol. The van der Waals surface area contributed by atoms with Crippen LogP contribution in [0.25, 0.3) is 84.0 Å². The van der Waals surface area contributed by atoms with Crippen molar-refractivity contribution >= 4 is 90.9 Å². The van der Waals surface area contributed by atoms with Crippen LogP contribution >= 0.6 is 68.8 Å². The molecule has 2 aliphatic carbocycles. The minimum Gasteiger partial charge on any atom is -0.481 e. The number of aromatic nitrogens is 4. The molecule has 0 N–H and O–H groups in total. The molecule has 13 aromatic rings. The molecule has 3 aliphatic rings. The van der Waals surface area contributed by atoms with Crippen LogP contribution in [-0.4, -0.2) is 17.5 Å². The standard InChI is InChI=1S/C113H136F2N4OS6/c1-17-21-25-29-39-75-43-51-79(52-44-75)112(80-53-45-76(46-54-80)40-30-26-22-18-2)87-64-84-88(113(91-69-98(109(11,12)13)124-106(84)91,81-55-47-77(48-56-81)41-31-27-23-19-3)82-57-49-78(50-58-82)42-32-28-24-20-4)63-83(87)105-90(112)68-97(123-105)99-92(114)65-85(101-103(99)118-125-116-101)96-70-94-108(122-96)107-89(67-95(121-107)86-66-93(115)100(110(14,15)16)104-102(86)117-126-119-104)111(120-94,61-59-73(9)37-33-35-71(5)6)62-60-74(10)38-34-36-72(7)8/h43-58,63-74H,17-42,59-62H2,1-16H3. The molecule has 0 saturated carbocycles. The van der Waals surface area contributed by atoms with Crippen molar-refractivity contribution in [2.24, 2.45) is 23.7 Å². The van der Waals surface area contributed by atoms with Crippen molar-refractivity contribution in [1.29, 1.82) is 0 Å². The number of halogens is 2. The van der Waals surface area contributed by atoms with E-state index in [4.69, 9.17) is 22.2 Å². The third kappa shape index (κ3) is 18.3. The van der Waals surface area contributed by atoms with Crippen LogP contribution in [-0.2, 0) is 52.9 Å². The summed E-state index contributed by atoms with van der Waals surface area (Å²) < 4.78 is 64.7. The lowest BCUT2D eigenvalue weighted by molar-refractivity contribution is 0.0324. The minimum absolute atomic E-state index is 0.105. The Morgan fingerprint density at radius 2 is 0.730 bits per heavy atom. The average Bonchev–Trinajstić information content (AvgIpc) is 1.50. The van der Waals surface area contributed by atoms with E-state index in [1.54, 1.807) is 46.1 Å². The van der Waals surface area contributed by atoms with Gasteiger partial charge in [-0.05, 0) is 238 Å². The molecule has 0 bridgehead atoms. The molecule has 0 saturated heterocycles. The van der Waals surface area contributed by atoms with Gasteiger partial charge in [0.2, 0.25) is 0 Å². The lowest BCUT2D eigenvalue weighted by atomic mass is 9.65. The summed E-state index contributed by atoms with van der Waals surface area (Å²) in [5.74, 6) is 2.50. The lowest BCUT2D eigenvalue weighted by Crippen LogP contribution is -2.36. The van der Waals surface area contributed by atoms with E-state index in [1.807, 2.05) is 11.3 Å². The van der Waals surface area contributed by atoms with Gasteiger partial charge >= 0.3 is 0 Å². The molecule has 126 heavy (non-hydrogen) atoms. The fraction of sp³-hybridized carbons (Fsp3) is 0.487. The molecule has 7 aromatic carbocycles. The Morgan fingerprint density at radius 1 is 0.341 bits per heavy atom. The predicted molar refractivity (Wildman–Crippen MR) is 541 cm³/mol. The summed E-state index contributed by atoms with van der Waals surface area (Å²) in [5.41, 5.74) is 21.6. The number of aryl methyl sites for hydroxylation is 4. The highest BCUT2D eigenvalue weighted by Crippen LogP contribution is 2.67. The highest BCUT2D eigenvalue weighted by molar-refractivity contribution is 7.26. The zero-order valence-electron chi connectivity index (χ0n) is 78.3. The Morgan fingerprint density at radius 3 is 1.17 bits per heavy atom. The van der Waals surface area contributed by atoms with Crippen molar-refractivity contribution in [1.82, 2.24) is 17.5 Å². The Kier molecular flexibility index (Phi) is 28.7. The molecule has 0 spiro atoms. The van der Waals surface area contributed by atoms with Gasteiger partial charge in [-0.3, -0.25) is 0 Å². The Labute approximate surface area is 777 Å². The largest absolute Gasteiger partial charge is 0.481 e. The van der Waals surface area contributed by atoms with Gasteiger partial charge in [-0.15, -0.1) is 45.3 Å². The minimum atomic E-state index is -0.823. The zero-order valence-corrected chi connectivity index (χ0v) is 83.2. The third-order valence-corrected chi connectivity index (χ3v) is 34.6. The molecule has 0 radical (unpaired) electrons. The van der Waals surface area contributed by atoms with Gasteiger partial charge in [0, 0.05) is 51.5 Å². The SMILES string of the molecule is CCCCCCc1ccc(C2(c3ccc(CCCCCC)cc3)c3cc4c(cc3-c3sc(-c5c(F)cc(-c6cc7c(s6)-c6sc(-c8cc(F)c(C(C)(C)C)c9nsnc89)cc6C(CCC(C)CCCC(C)C)(CCC(C)CCCC(C)C)O7)c6nsnc56)cc32)C(c2ccc(CCCCCC)cc2)(c2ccc(CCCCCC)cc2)c2cc(C(C)(C)C)sc2-4)cc1. The van der Waals surface area contributed by atoms with Gasteiger partial charge in [-0.25, -0.2) is 8.78 Å². The quantitative estimate of drug-likeness (QED) is 0.0357. The van der Waals surface area contributed by atoms with Crippen LogP contribution in [0.3, 0.4) is 0 Å². The normalized spacial score (nSPS) is 15.5. The van der Waals surface area contributed by atoms with Gasteiger partial charge in [0.15, 0.2) is 0 Å². The number of fused-ring (bicyclic) bond motifs is 11. The van der Waals surface area contributed by atoms with Crippen LogP contribution in [0.1, 0.15) is 360 Å². The maximum absolute atomic E-state index is 19.3. The first-order chi connectivity index (χ1) is 60.8. The van der Waals surface area contributed by atoms with Gasteiger partial charge in [0.1, 0.15) is 45.1 Å². The van der Waals surface area contributed by atoms with Crippen LogP contribution in [0.2, 0.25) is 0 Å². The highest BCUT2D eigenvalue weighted by atomic mass is 32.1. The number of unbranched alkanes of at least 4 members (excludes halogenated alkanes) is 12. The lowest BCUT2D eigenvalue weighted by Gasteiger charge is -2.39. The predicted octanol–water partition coefficient (Wildman–Crippen LogP) is 35.8. The molecule has 0 fully saturated rings. The van der Waals surface area contributed by atoms with Gasteiger partial charge in [0.05, 0.1) is 49.6 Å². The van der Waals surface area contributed by atoms with Crippen LogP contribution in [0.15, 0.2) is 146 Å². The zero-order chi connectivity index (χ0) is 88.4. The molecule has 5 nitrogen and oxygen atoms in total. The summed E-state index contributed by atoms with van der Waals surface area (Å²) in [6, 6.07) is 57.6. The van der Waals surface area contributed by atoms with Gasteiger partial charge in [-0.2, -0.15) is 17.5 Å². The maximum Gasteiger partial charge on any atom is 0.140 e. The number of thiophene rings is 4. The number of benzene rings is 7. The third-order valence-electron chi connectivity index (χ3n) is 28.3. The van der Waals surface area contributed by atoms with Crippen LogP contribution in [0.4, 0.5) is 8.78 Å². The number of rotatable bonds is 41. The Bertz CT molecular complexity index is 5750. The second-order valence-corrected chi connectivity index (χ2v) is 46.1. The monoisotopic (exact) mass is 1790 g/mol. The van der Waals surface area contributed by atoms with Crippen molar-refractivity contribution in [2.75, 3.05) is 0 Å². The molecule has 7 heterocycles. The summed E-state index contributed by atoms with van der Waals surface area (Å²) in [6.45, 7) is 36.7. The van der Waals surface area contributed by atoms with E-state index in [0.717, 1.165) is 140 Å². The maximum atomic E-state index is 19.3. The summed E-state index contributed by atoms with van der Waals surface area (Å²) in [6.07, 6.45) is 34.4. The molecular weight excluding hydrogens is 1660 g/mol. The van der Waals surface area contributed by atoms with E-state index < -0.39 is 21.8 Å². The molecule has 2 unspecified atom stereocenters. The van der Waals surface area contributed by atoms with Crippen molar-refractivity contribution in [3.8, 4) is 67.7 Å². The molecular formula is C113H136F2N4OS6. The second-order valence-electron chi connectivity index (χ2n) is 40.9. The van der Waals surface area contributed by atoms with E-state index in [9.17, 15) is 0 Å². The first-order valence-corrected chi connectivity index (χ1v) is 53.3. The number of hydrogen-bond acceptors (Lipinski definition) is 11. The fourth-order valence-corrected chi connectivity index (χ4v) is 27.3. The van der Waals surface area contributed by atoms with Crippen molar-refractivity contribution in [3.05, 3.63) is 240 Å². The smallest absolute Gasteiger partial charge is 0.140 e. The van der Waals surface area contributed by atoms with Crippen LogP contribution < -0.4 is 4.74 Å². The molecule has 1 aliphatic heterocycles. The fourth-order valence-electron chi connectivity index (χ4n) is 21.1. The van der Waals surface area contributed by atoms with Crippen molar-refractivity contribution < 1.29 is 13.5 Å². The molecule has 16 rings (SSSR count). The van der Waals surface area contributed by atoms with Gasteiger partial charge < -0.3 is 4.74 Å². The van der Waals surface area contributed by atoms with Crippen LogP contribution in [0.5, 0.6) is 5.75 Å². The van der Waals surface area contributed by atoms with Crippen molar-refractivity contribution in [3.63, 3.8) is 0 Å². The van der Waals surface area contributed by atoms with E-state index >= 15 is 8.78 Å². The summed E-state index contributed by atoms with van der Waals surface area (Å²) >= 11 is 9.42. The highest BCUT2D eigenvalue weighted by Gasteiger charge is 2.54. The topological polar surface area (TPSA) is 60.8 Å². The first kappa shape index (κ1) is 91.9. The first-order valence-electron chi connectivity index (χ1n) is 48.6. The van der Waals surface area contributed by atoms with Gasteiger partial charge in [0.25, 0.3) is 0 Å². The Hall–Kier alpha value is -7.36. The second kappa shape index (κ2) is 39.4. The molecule has 6 aromatic heterocycles.